The fraction of sp³-hybridized carbons (Fsp3) is 0.556. The average Bonchev–Trinajstić information content (AvgIpc) is 2.61. The van der Waals surface area contributed by atoms with Crippen molar-refractivity contribution in [2.24, 2.45) is 5.41 Å². The van der Waals surface area contributed by atoms with Crippen molar-refractivity contribution in [3.8, 4) is 11.5 Å². The molecule has 1 unspecified atom stereocenters. The van der Waals surface area contributed by atoms with Crippen molar-refractivity contribution in [2.45, 2.75) is 19.8 Å². The second-order valence-corrected chi connectivity index (χ2v) is 6.37. The molecule has 0 bridgehead atoms. The van der Waals surface area contributed by atoms with E-state index in [-0.39, 0.29) is 19.1 Å². The van der Waals surface area contributed by atoms with Gasteiger partial charge in [0.2, 0.25) is 0 Å². The molecule has 1 amide bonds. The molecule has 1 saturated heterocycles. The second kappa shape index (κ2) is 7.74. The summed E-state index contributed by atoms with van der Waals surface area (Å²) in [6, 6.07) is 3.39. The Morgan fingerprint density at radius 2 is 1.84 bits per heavy atom. The van der Waals surface area contributed by atoms with Crippen molar-refractivity contribution in [1.29, 1.82) is 0 Å². The first-order valence-corrected chi connectivity index (χ1v) is 8.12. The summed E-state index contributed by atoms with van der Waals surface area (Å²) in [6.45, 7) is 2.55. The van der Waals surface area contributed by atoms with Crippen LogP contribution in [-0.4, -0.2) is 62.9 Å². The van der Waals surface area contributed by atoms with E-state index in [1.54, 1.807) is 17.0 Å². The molecule has 0 spiro atoms. The fourth-order valence-corrected chi connectivity index (χ4v) is 3.32. The summed E-state index contributed by atoms with van der Waals surface area (Å²) in [5.74, 6) is -0.125. The van der Waals surface area contributed by atoms with Crippen LogP contribution in [0.2, 0.25) is 0 Å². The molecule has 1 aliphatic heterocycles. The zero-order valence-electron chi connectivity index (χ0n) is 15.1. The van der Waals surface area contributed by atoms with Crippen molar-refractivity contribution in [3.05, 3.63) is 23.3 Å². The highest BCUT2D eigenvalue weighted by Crippen LogP contribution is 2.34. The van der Waals surface area contributed by atoms with E-state index >= 15 is 0 Å². The smallest absolute Gasteiger partial charge is 0.313 e. The molecule has 1 aromatic carbocycles. The molecule has 0 radical (unpaired) electrons. The lowest BCUT2D eigenvalue weighted by Gasteiger charge is -2.39. The van der Waals surface area contributed by atoms with Crippen molar-refractivity contribution in [1.82, 2.24) is 4.90 Å². The predicted molar refractivity (Wildman–Crippen MR) is 91.4 cm³/mol. The Morgan fingerprint density at radius 3 is 2.40 bits per heavy atom. The molecule has 1 aromatic rings. The van der Waals surface area contributed by atoms with E-state index in [1.807, 2.05) is 6.92 Å². The first kappa shape index (κ1) is 19.1. The molecule has 0 aromatic heterocycles. The van der Waals surface area contributed by atoms with E-state index in [1.165, 1.54) is 21.3 Å². The number of rotatable bonds is 6. The van der Waals surface area contributed by atoms with E-state index in [4.69, 9.17) is 14.2 Å². The van der Waals surface area contributed by atoms with Gasteiger partial charge in [0, 0.05) is 25.8 Å². The number of benzene rings is 1. The quantitative estimate of drug-likeness (QED) is 0.843. The lowest BCUT2D eigenvalue weighted by atomic mass is 9.80. The number of hydrogen-bond acceptors (Lipinski definition) is 5. The van der Waals surface area contributed by atoms with Crippen molar-refractivity contribution < 1.29 is 28.9 Å². The Labute approximate surface area is 147 Å². The standard InChI is InChI=1S/C18H25NO6/c1-12-8-14(24-3)15(25-4)9-13(12)16(20)19-7-5-6-18(10-19,11-23-2)17(21)22/h8-9H,5-7,10-11H2,1-4H3,(H,21,22). The molecular weight excluding hydrogens is 326 g/mol. The van der Waals surface area contributed by atoms with Gasteiger partial charge in [-0.15, -0.1) is 0 Å². The highest BCUT2D eigenvalue weighted by Gasteiger charge is 2.44. The van der Waals surface area contributed by atoms with E-state index < -0.39 is 11.4 Å². The minimum atomic E-state index is -1.06. The van der Waals surface area contributed by atoms with Gasteiger partial charge in [-0.3, -0.25) is 9.59 Å². The number of nitrogens with zero attached hydrogens (tertiary/aromatic N) is 1. The third kappa shape index (κ3) is 3.71. The number of aryl methyl sites for hydroxylation is 1. The van der Waals surface area contributed by atoms with Gasteiger partial charge in [-0.05, 0) is 37.5 Å². The Morgan fingerprint density at radius 1 is 1.20 bits per heavy atom. The van der Waals surface area contributed by atoms with Gasteiger partial charge in [0.25, 0.3) is 5.91 Å². The number of methoxy groups -OCH3 is 3. The summed E-state index contributed by atoms with van der Waals surface area (Å²) in [7, 11) is 4.52. The highest BCUT2D eigenvalue weighted by molar-refractivity contribution is 5.97. The average molecular weight is 351 g/mol. The van der Waals surface area contributed by atoms with Gasteiger partial charge in [0.1, 0.15) is 5.41 Å². The van der Waals surface area contributed by atoms with Crippen LogP contribution in [-0.2, 0) is 9.53 Å². The van der Waals surface area contributed by atoms with E-state index in [0.717, 1.165) is 5.56 Å². The Bertz CT molecular complexity index is 655. The summed E-state index contributed by atoms with van der Waals surface area (Å²) in [5.41, 5.74) is 0.171. The first-order valence-electron chi connectivity index (χ1n) is 8.12. The number of carboxylic acids is 1. The highest BCUT2D eigenvalue weighted by atomic mass is 16.5. The molecule has 7 nitrogen and oxygen atoms in total. The summed E-state index contributed by atoms with van der Waals surface area (Å²) in [5, 5.41) is 9.64. The summed E-state index contributed by atoms with van der Waals surface area (Å²) >= 11 is 0. The molecule has 0 saturated carbocycles. The Hall–Kier alpha value is -2.28. The van der Waals surface area contributed by atoms with E-state index in [0.29, 0.717) is 36.4 Å². The number of carbonyl (C=O) groups is 2. The molecule has 0 aliphatic carbocycles. The minimum Gasteiger partial charge on any atom is -0.493 e. The lowest BCUT2D eigenvalue weighted by molar-refractivity contribution is -0.155. The van der Waals surface area contributed by atoms with Gasteiger partial charge in [-0.2, -0.15) is 0 Å². The van der Waals surface area contributed by atoms with Crippen molar-refractivity contribution >= 4 is 11.9 Å². The SMILES string of the molecule is COCC1(C(=O)O)CCCN(C(=O)c2cc(OC)c(OC)cc2C)C1. The molecule has 1 atom stereocenters. The van der Waals surface area contributed by atoms with Crippen LogP contribution < -0.4 is 9.47 Å². The number of piperidine rings is 1. The van der Waals surface area contributed by atoms with Crippen LogP contribution in [0.3, 0.4) is 0 Å². The largest absolute Gasteiger partial charge is 0.493 e. The maximum atomic E-state index is 13.0. The zero-order chi connectivity index (χ0) is 18.6. The van der Waals surface area contributed by atoms with Crippen LogP contribution in [0.4, 0.5) is 0 Å². The van der Waals surface area contributed by atoms with Gasteiger partial charge < -0.3 is 24.2 Å². The Balaban J connectivity index is 2.32. The number of likely N-dealkylation sites (tertiary alicyclic amines) is 1. The summed E-state index contributed by atoms with van der Waals surface area (Å²) < 4.78 is 15.6. The minimum absolute atomic E-state index is 0.0804. The number of ether oxygens (including phenoxy) is 3. The third-order valence-corrected chi connectivity index (χ3v) is 4.70. The van der Waals surface area contributed by atoms with Gasteiger partial charge in [0.05, 0.1) is 20.8 Å². The lowest BCUT2D eigenvalue weighted by Crippen LogP contribution is -2.52. The molecule has 138 valence electrons. The number of aliphatic carboxylic acids is 1. The Kier molecular flexibility index (Phi) is 5.89. The van der Waals surface area contributed by atoms with Crippen molar-refractivity contribution in [3.63, 3.8) is 0 Å². The van der Waals surface area contributed by atoms with E-state index in [9.17, 15) is 14.7 Å². The number of carboxylic acid groups (broad SMARTS) is 1. The first-order chi connectivity index (χ1) is 11.9. The normalized spacial score (nSPS) is 20.2. The van der Waals surface area contributed by atoms with Crippen LogP contribution in [0.1, 0.15) is 28.8 Å². The van der Waals surface area contributed by atoms with Crippen molar-refractivity contribution in [2.75, 3.05) is 41.0 Å². The molecule has 2 rings (SSSR count). The molecular formula is C18H25NO6. The molecule has 7 heteroatoms. The summed E-state index contributed by atoms with van der Waals surface area (Å²) in [6.07, 6.45) is 1.11. The maximum Gasteiger partial charge on any atom is 0.313 e. The number of carbonyl (C=O) groups excluding carboxylic acids is 1. The number of amides is 1. The van der Waals surface area contributed by atoms with Gasteiger partial charge in [-0.25, -0.2) is 0 Å². The molecule has 1 fully saturated rings. The summed E-state index contributed by atoms with van der Waals surface area (Å²) in [4.78, 5) is 26.4. The second-order valence-electron chi connectivity index (χ2n) is 6.37. The molecule has 1 heterocycles. The van der Waals surface area contributed by atoms with Gasteiger partial charge in [-0.1, -0.05) is 0 Å². The van der Waals surface area contributed by atoms with Crippen LogP contribution in [0, 0.1) is 12.3 Å². The molecule has 25 heavy (non-hydrogen) atoms. The van der Waals surface area contributed by atoms with Crippen LogP contribution in [0.15, 0.2) is 12.1 Å². The molecule has 1 N–H and O–H groups in total. The van der Waals surface area contributed by atoms with E-state index in [2.05, 4.69) is 0 Å². The van der Waals surface area contributed by atoms with Gasteiger partial charge >= 0.3 is 5.97 Å². The molecule has 1 aliphatic rings. The van der Waals surface area contributed by atoms with Crippen LogP contribution in [0.25, 0.3) is 0 Å². The zero-order valence-corrected chi connectivity index (χ0v) is 15.1. The van der Waals surface area contributed by atoms with Crippen LogP contribution >= 0.6 is 0 Å². The topological polar surface area (TPSA) is 85.3 Å². The van der Waals surface area contributed by atoms with Crippen LogP contribution in [0.5, 0.6) is 11.5 Å². The maximum absolute atomic E-state index is 13.0. The number of hydrogen-bond donors (Lipinski definition) is 1. The fourth-order valence-electron chi connectivity index (χ4n) is 3.32. The monoisotopic (exact) mass is 351 g/mol. The van der Waals surface area contributed by atoms with Gasteiger partial charge in [0.15, 0.2) is 11.5 Å². The third-order valence-electron chi connectivity index (χ3n) is 4.70. The predicted octanol–water partition coefficient (Wildman–Crippen LogP) is 1.97.